The third-order valence-electron chi connectivity index (χ3n) is 4.78. The monoisotopic (exact) mass is 462 g/mol. The van der Waals surface area contributed by atoms with Crippen LogP contribution >= 0.6 is 0 Å². The lowest BCUT2D eigenvalue weighted by atomic mass is 10.3. The number of hydrogen-bond donors (Lipinski definition) is 0. The van der Waals surface area contributed by atoms with E-state index >= 15 is 0 Å². The number of hydrogen-bond acceptors (Lipinski definition) is 10. The molecule has 1 heterocycles. The summed E-state index contributed by atoms with van der Waals surface area (Å²) >= 11 is 0. The van der Waals surface area contributed by atoms with E-state index in [9.17, 15) is 9.59 Å². The van der Waals surface area contributed by atoms with E-state index in [2.05, 4.69) is 9.80 Å². The van der Waals surface area contributed by atoms with E-state index in [1.165, 1.54) is 0 Å². The molecule has 0 aromatic carbocycles. The molecule has 1 saturated heterocycles. The number of carbonyl (C=O) groups excluding carboxylic acids is 2. The summed E-state index contributed by atoms with van der Waals surface area (Å²) in [6.07, 6.45) is 1.60. The minimum absolute atomic E-state index is 0.193. The molecule has 0 aromatic rings. The van der Waals surface area contributed by atoms with E-state index < -0.39 is 0 Å². The largest absolute Gasteiger partial charge is 0.463 e. The number of likely N-dealkylation sites (N-methyl/N-ethyl adjacent to an activating group) is 1. The van der Waals surface area contributed by atoms with Crippen molar-refractivity contribution in [2.45, 2.75) is 26.2 Å². The lowest BCUT2D eigenvalue weighted by Crippen LogP contribution is -2.41. The first-order chi connectivity index (χ1) is 15.6. The van der Waals surface area contributed by atoms with E-state index in [1.54, 1.807) is 0 Å². The third kappa shape index (κ3) is 17.3. The van der Waals surface area contributed by atoms with Crippen molar-refractivity contribution >= 4 is 11.9 Å². The number of esters is 2. The summed E-state index contributed by atoms with van der Waals surface area (Å²) in [5.41, 5.74) is 0. The van der Waals surface area contributed by atoms with E-state index in [1.807, 2.05) is 14.0 Å². The molecule has 1 rings (SSSR count). The second kappa shape index (κ2) is 20.3. The molecular weight excluding hydrogens is 420 g/mol. The molecular formula is C22H42N2O8. The van der Waals surface area contributed by atoms with E-state index in [0.29, 0.717) is 59.0 Å². The van der Waals surface area contributed by atoms with E-state index in [4.69, 9.17) is 28.4 Å². The van der Waals surface area contributed by atoms with Crippen LogP contribution in [0.15, 0.2) is 0 Å². The summed E-state index contributed by atoms with van der Waals surface area (Å²) < 4.78 is 31.6. The van der Waals surface area contributed by atoms with Crippen LogP contribution in [-0.2, 0) is 38.0 Å². The smallest absolute Gasteiger partial charge is 0.307 e. The van der Waals surface area contributed by atoms with Gasteiger partial charge in [0.25, 0.3) is 0 Å². The Morgan fingerprint density at radius 3 is 1.81 bits per heavy atom. The first-order valence-corrected chi connectivity index (χ1v) is 11.6. The molecule has 0 aliphatic carbocycles. The first-order valence-electron chi connectivity index (χ1n) is 11.6. The van der Waals surface area contributed by atoms with Crippen LogP contribution in [0.4, 0.5) is 0 Å². The Labute approximate surface area is 192 Å². The van der Waals surface area contributed by atoms with E-state index in [0.717, 1.165) is 45.8 Å². The Morgan fingerprint density at radius 1 is 0.781 bits per heavy atom. The second-order valence-electron chi connectivity index (χ2n) is 7.54. The topological polar surface area (TPSA) is 96.0 Å². The summed E-state index contributed by atoms with van der Waals surface area (Å²) in [4.78, 5) is 27.5. The van der Waals surface area contributed by atoms with Gasteiger partial charge in [-0.15, -0.1) is 0 Å². The maximum absolute atomic E-state index is 11.8. The highest BCUT2D eigenvalue weighted by atomic mass is 16.6. The average molecular weight is 463 g/mol. The molecule has 0 amide bonds. The second-order valence-corrected chi connectivity index (χ2v) is 7.54. The van der Waals surface area contributed by atoms with Crippen LogP contribution in [0.3, 0.4) is 0 Å². The van der Waals surface area contributed by atoms with Crippen LogP contribution in [0.5, 0.6) is 0 Å². The van der Waals surface area contributed by atoms with Crippen molar-refractivity contribution in [1.29, 1.82) is 0 Å². The highest BCUT2D eigenvalue weighted by Crippen LogP contribution is 1.98. The van der Waals surface area contributed by atoms with Crippen LogP contribution in [0, 0.1) is 0 Å². The fraction of sp³-hybridized carbons (Fsp3) is 0.909. The van der Waals surface area contributed by atoms with Gasteiger partial charge in [-0.05, 0) is 13.5 Å². The van der Waals surface area contributed by atoms with Crippen molar-refractivity contribution in [1.82, 2.24) is 9.80 Å². The van der Waals surface area contributed by atoms with Gasteiger partial charge in [-0.25, -0.2) is 0 Å². The highest BCUT2D eigenvalue weighted by Gasteiger charge is 2.11. The molecule has 0 N–H and O–H groups in total. The summed E-state index contributed by atoms with van der Waals surface area (Å²) in [6.45, 7) is 11.1. The standard InChI is InChI=1S/C22H42N2O8/c1-3-4-21(25)31-19-17-29-15-13-28-14-16-30-18-20-32-22(26)5-6-23(2)7-8-24-9-11-27-12-10-24/h3-20H2,1-2H3. The lowest BCUT2D eigenvalue weighted by Gasteiger charge is -2.28. The molecule has 0 spiro atoms. The average Bonchev–Trinajstić information content (AvgIpc) is 2.80. The van der Waals surface area contributed by atoms with Gasteiger partial charge < -0.3 is 33.3 Å². The number of ether oxygens (including phenoxy) is 6. The van der Waals surface area contributed by atoms with Gasteiger partial charge in [0.15, 0.2) is 0 Å². The minimum Gasteiger partial charge on any atom is -0.463 e. The van der Waals surface area contributed by atoms with Crippen LogP contribution in [0.25, 0.3) is 0 Å². The van der Waals surface area contributed by atoms with Crippen LogP contribution in [0.2, 0.25) is 0 Å². The molecule has 0 atom stereocenters. The zero-order valence-electron chi connectivity index (χ0n) is 19.9. The first kappa shape index (κ1) is 28.7. The normalized spacial score (nSPS) is 14.6. The van der Waals surface area contributed by atoms with Crippen molar-refractivity contribution in [2.24, 2.45) is 0 Å². The van der Waals surface area contributed by atoms with Crippen molar-refractivity contribution in [3.05, 3.63) is 0 Å². The van der Waals surface area contributed by atoms with Gasteiger partial charge in [-0.3, -0.25) is 14.5 Å². The highest BCUT2D eigenvalue weighted by molar-refractivity contribution is 5.69. The Morgan fingerprint density at radius 2 is 1.28 bits per heavy atom. The summed E-state index contributed by atoms with van der Waals surface area (Å²) in [7, 11) is 2.02. The van der Waals surface area contributed by atoms with Gasteiger partial charge in [0, 0.05) is 39.1 Å². The number of rotatable bonds is 20. The lowest BCUT2D eigenvalue weighted by molar-refractivity contribution is -0.146. The molecule has 0 aromatic heterocycles. The van der Waals surface area contributed by atoms with E-state index in [-0.39, 0.29) is 25.2 Å². The number of nitrogens with zero attached hydrogens (tertiary/aromatic N) is 2. The van der Waals surface area contributed by atoms with Crippen LogP contribution in [-0.4, -0.2) is 128 Å². The summed E-state index contributed by atoms with van der Waals surface area (Å²) in [6, 6.07) is 0. The van der Waals surface area contributed by atoms with Crippen molar-refractivity contribution < 1.29 is 38.0 Å². The van der Waals surface area contributed by atoms with Crippen molar-refractivity contribution in [3.63, 3.8) is 0 Å². The van der Waals surface area contributed by atoms with Crippen LogP contribution in [0.1, 0.15) is 26.2 Å². The van der Waals surface area contributed by atoms with Gasteiger partial charge >= 0.3 is 11.9 Å². The molecule has 32 heavy (non-hydrogen) atoms. The molecule has 0 unspecified atom stereocenters. The maximum Gasteiger partial charge on any atom is 0.307 e. The molecule has 10 nitrogen and oxygen atoms in total. The molecule has 1 aliphatic rings. The predicted molar refractivity (Wildman–Crippen MR) is 119 cm³/mol. The van der Waals surface area contributed by atoms with Crippen molar-refractivity contribution in [3.8, 4) is 0 Å². The quantitative estimate of drug-likeness (QED) is 0.189. The fourth-order valence-electron chi connectivity index (χ4n) is 2.85. The third-order valence-corrected chi connectivity index (χ3v) is 4.78. The Kier molecular flexibility index (Phi) is 18.2. The fourth-order valence-corrected chi connectivity index (χ4v) is 2.85. The zero-order valence-corrected chi connectivity index (χ0v) is 19.9. The molecule has 1 fully saturated rings. The Hall–Kier alpha value is -1.30. The van der Waals surface area contributed by atoms with Gasteiger partial charge in [-0.1, -0.05) is 6.92 Å². The van der Waals surface area contributed by atoms with Crippen LogP contribution < -0.4 is 0 Å². The Bertz CT molecular complexity index is 475. The van der Waals surface area contributed by atoms with Gasteiger partial charge in [0.2, 0.25) is 0 Å². The molecule has 0 bridgehead atoms. The molecule has 1 aliphatic heterocycles. The summed E-state index contributed by atoms with van der Waals surface area (Å²) in [5.74, 6) is -0.400. The van der Waals surface area contributed by atoms with Gasteiger partial charge in [-0.2, -0.15) is 0 Å². The molecule has 188 valence electrons. The minimum atomic E-state index is -0.208. The molecule has 0 radical (unpaired) electrons. The van der Waals surface area contributed by atoms with Crippen molar-refractivity contribution in [2.75, 3.05) is 106 Å². The predicted octanol–water partition coefficient (Wildman–Crippen LogP) is 0.577. The molecule has 10 heteroatoms. The number of carbonyl (C=O) groups is 2. The summed E-state index contributed by atoms with van der Waals surface area (Å²) in [5, 5.41) is 0. The maximum atomic E-state index is 11.8. The Balaban J connectivity index is 1.79. The zero-order chi connectivity index (χ0) is 23.3. The van der Waals surface area contributed by atoms with Gasteiger partial charge in [0.1, 0.15) is 13.2 Å². The van der Waals surface area contributed by atoms with Gasteiger partial charge in [0.05, 0.1) is 59.3 Å². The number of morpholine rings is 1. The SMILES string of the molecule is CCCC(=O)OCCOCCOCCOCCOC(=O)CCN(C)CCN1CCOCC1. The molecule has 0 saturated carbocycles.